The van der Waals surface area contributed by atoms with Crippen molar-refractivity contribution >= 4 is 23.5 Å². The van der Waals surface area contributed by atoms with Crippen LogP contribution in [0.5, 0.6) is 0 Å². The van der Waals surface area contributed by atoms with E-state index in [0.717, 1.165) is 22.8 Å². The summed E-state index contributed by atoms with van der Waals surface area (Å²) in [5, 5.41) is 9.50. The fraction of sp³-hybridized carbons (Fsp3) is 0.360. The minimum atomic E-state index is -4.66. The monoisotopic (exact) mass is 604 g/mol. The summed E-state index contributed by atoms with van der Waals surface area (Å²) < 4.78 is 80.3. The van der Waals surface area contributed by atoms with E-state index >= 15 is 0 Å². The molecule has 0 spiro atoms. The fourth-order valence-corrected chi connectivity index (χ4v) is 4.37. The molecule has 4 rings (SSSR count). The number of nitrogens with one attached hydrogen (secondary N) is 2. The quantitative estimate of drug-likeness (QED) is 0.357. The van der Waals surface area contributed by atoms with Gasteiger partial charge in [-0.25, -0.2) is 14.3 Å². The number of carbonyl (C=O) groups is 2. The van der Waals surface area contributed by atoms with Gasteiger partial charge < -0.3 is 15.5 Å². The molecule has 1 atom stereocenters. The van der Waals surface area contributed by atoms with E-state index in [-0.39, 0.29) is 30.0 Å². The summed E-state index contributed by atoms with van der Waals surface area (Å²) in [6.45, 7) is -1.14. The van der Waals surface area contributed by atoms with E-state index in [2.05, 4.69) is 15.7 Å². The van der Waals surface area contributed by atoms with Gasteiger partial charge in [-0.3, -0.25) is 9.36 Å². The molecule has 1 unspecified atom stereocenters. The predicted molar refractivity (Wildman–Crippen MR) is 135 cm³/mol. The first-order chi connectivity index (χ1) is 19.2. The molecule has 0 saturated carbocycles. The first-order valence-corrected chi connectivity index (χ1v) is 12.6. The van der Waals surface area contributed by atoms with Crippen LogP contribution in [0.1, 0.15) is 23.6 Å². The zero-order valence-corrected chi connectivity index (χ0v) is 21.9. The Labute approximate surface area is 233 Å². The summed E-state index contributed by atoms with van der Waals surface area (Å²) in [5.41, 5.74) is -1.64. The van der Waals surface area contributed by atoms with Crippen molar-refractivity contribution in [3.05, 3.63) is 75.2 Å². The molecule has 0 aliphatic carbocycles. The maximum atomic E-state index is 13.3. The topological polar surface area (TPSA) is 101 Å². The molecule has 1 aromatic heterocycles. The molecular weight excluding hydrogens is 582 g/mol. The first kappa shape index (κ1) is 30.0. The van der Waals surface area contributed by atoms with Crippen molar-refractivity contribution in [3.8, 4) is 11.4 Å². The van der Waals surface area contributed by atoms with Crippen LogP contribution in [0.3, 0.4) is 0 Å². The molecule has 9 nitrogen and oxygen atoms in total. The van der Waals surface area contributed by atoms with Crippen LogP contribution < -0.4 is 16.3 Å². The molecule has 3 aromatic rings. The highest BCUT2D eigenvalue weighted by molar-refractivity contribution is 6.30. The van der Waals surface area contributed by atoms with Crippen molar-refractivity contribution in [2.45, 2.75) is 37.9 Å². The van der Waals surface area contributed by atoms with E-state index < -0.39 is 61.1 Å². The maximum Gasteiger partial charge on any atom is 0.416 e. The van der Waals surface area contributed by atoms with Gasteiger partial charge in [-0.05, 0) is 42.0 Å². The highest BCUT2D eigenvalue weighted by Crippen LogP contribution is 2.31. The number of rotatable bonds is 9. The molecule has 0 bridgehead atoms. The minimum absolute atomic E-state index is 0.0535. The summed E-state index contributed by atoms with van der Waals surface area (Å²) in [5.74, 6) is -0.996. The van der Waals surface area contributed by atoms with E-state index in [0.29, 0.717) is 16.2 Å². The lowest BCUT2D eigenvalue weighted by Gasteiger charge is -2.25. The van der Waals surface area contributed by atoms with E-state index in [1.165, 1.54) is 35.2 Å². The van der Waals surface area contributed by atoms with Crippen LogP contribution in [-0.4, -0.2) is 57.0 Å². The average molecular weight is 605 g/mol. The Morgan fingerprint density at radius 1 is 1.07 bits per heavy atom. The molecular formula is C25H23ClF6N6O3. The van der Waals surface area contributed by atoms with Crippen LogP contribution in [0.4, 0.5) is 31.1 Å². The van der Waals surface area contributed by atoms with Gasteiger partial charge in [0.05, 0.1) is 18.0 Å². The number of hydrogen-bond donors (Lipinski definition) is 2. The standard InChI is InChI=1S/C25H23ClF6N6O3/c26-18-6-4-15(5-7-18)21-35-38(23(41)37(21)10-8-24(27,28)29)14-20(39)34-19(13-36-11-9-33-22(36)40)16-2-1-3-17(12-16)25(30,31)32/h1-7,12,19H,8-11,13-14H2,(H,33,40)(H,34,39). The fourth-order valence-electron chi connectivity index (χ4n) is 4.24. The van der Waals surface area contributed by atoms with E-state index in [4.69, 9.17) is 11.6 Å². The van der Waals surface area contributed by atoms with Crippen LogP contribution in [0.25, 0.3) is 11.4 Å². The van der Waals surface area contributed by atoms with Gasteiger partial charge in [0.1, 0.15) is 6.54 Å². The molecule has 220 valence electrons. The summed E-state index contributed by atoms with van der Waals surface area (Å²) >= 11 is 5.88. The number of halogens is 7. The zero-order chi connectivity index (χ0) is 29.9. The third kappa shape index (κ3) is 7.60. The zero-order valence-electron chi connectivity index (χ0n) is 21.1. The number of hydrogen-bond acceptors (Lipinski definition) is 4. The second-order valence-electron chi connectivity index (χ2n) is 9.21. The summed E-state index contributed by atoms with van der Waals surface area (Å²) in [7, 11) is 0. The Morgan fingerprint density at radius 3 is 2.39 bits per heavy atom. The molecule has 3 amide bonds. The van der Waals surface area contributed by atoms with Gasteiger partial charge in [0.25, 0.3) is 0 Å². The van der Waals surface area contributed by atoms with Crippen molar-refractivity contribution in [2.75, 3.05) is 19.6 Å². The predicted octanol–water partition coefficient (Wildman–Crippen LogP) is 4.22. The minimum Gasteiger partial charge on any atom is -0.346 e. The molecule has 16 heteroatoms. The second kappa shape index (κ2) is 11.8. The van der Waals surface area contributed by atoms with E-state index in [1.807, 2.05) is 0 Å². The largest absolute Gasteiger partial charge is 0.416 e. The number of carbonyl (C=O) groups excluding carboxylic acids is 2. The van der Waals surface area contributed by atoms with Crippen molar-refractivity contribution in [2.24, 2.45) is 0 Å². The number of aromatic nitrogens is 3. The maximum absolute atomic E-state index is 13.3. The lowest BCUT2D eigenvalue weighted by Crippen LogP contribution is -2.41. The molecule has 1 aliphatic heterocycles. The second-order valence-corrected chi connectivity index (χ2v) is 9.65. The van der Waals surface area contributed by atoms with E-state index in [1.54, 1.807) is 0 Å². The van der Waals surface area contributed by atoms with Crippen LogP contribution in [-0.2, 0) is 24.1 Å². The summed E-state index contributed by atoms with van der Waals surface area (Å²) in [4.78, 5) is 39.5. The SMILES string of the molecule is O=C(Cn1nc(-c2ccc(Cl)cc2)n(CCC(F)(F)F)c1=O)NC(CN1CCNC1=O)c1cccc(C(F)(F)F)c1. The van der Waals surface area contributed by atoms with Crippen molar-refractivity contribution in [1.82, 2.24) is 29.9 Å². The van der Waals surface area contributed by atoms with Gasteiger partial charge in [0.15, 0.2) is 5.82 Å². The Balaban J connectivity index is 1.62. The van der Waals surface area contributed by atoms with Crippen LogP contribution in [0, 0.1) is 0 Å². The molecule has 1 aliphatic rings. The number of alkyl halides is 6. The number of benzene rings is 2. The van der Waals surface area contributed by atoms with Gasteiger partial charge in [-0.1, -0.05) is 23.7 Å². The summed E-state index contributed by atoms with van der Waals surface area (Å²) in [6.07, 6.45) is -10.6. The van der Waals surface area contributed by atoms with Crippen LogP contribution >= 0.6 is 11.6 Å². The van der Waals surface area contributed by atoms with Gasteiger partial charge >= 0.3 is 24.1 Å². The highest BCUT2D eigenvalue weighted by Gasteiger charge is 2.33. The van der Waals surface area contributed by atoms with Crippen LogP contribution in [0.2, 0.25) is 5.02 Å². The molecule has 2 aromatic carbocycles. The third-order valence-corrected chi connectivity index (χ3v) is 6.49. The molecule has 2 heterocycles. The lowest BCUT2D eigenvalue weighted by molar-refractivity contribution is -0.138. The average Bonchev–Trinajstić information content (AvgIpc) is 3.44. The Morgan fingerprint density at radius 2 is 1.78 bits per heavy atom. The van der Waals surface area contributed by atoms with Gasteiger partial charge in [0.2, 0.25) is 5.91 Å². The van der Waals surface area contributed by atoms with Crippen molar-refractivity contribution < 1.29 is 35.9 Å². The Hall–Kier alpha value is -4.01. The number of amides is 3. The first-order valence-electron chi connectivity index (χ1n) is 12.2. The highest BCUT2D eigenvalue weighted by atomic mass is 35.5. The normalized spacial score (nSPS) is 14.7. The van der Waals surface area contributed by atoms with Crippen molar-refractivity contribution in [1.29, 1.82) is 0 Å². The Kier molecular flexibility index (Phi) is 8.66. The molecule has 2 N–H and O–H groups in total. The molecule has 1 fully saturated rings. The summed E-state index contributed by atoms with van der Waals surface area (Å²) in [6, 6.07) is 8.44. The lowest BCUT2D eigenvalue weighted by atomic mass is 10.0. The smallest absolute Gasteiger partial charge is 0.346 e. The van der Waals surface area contributed by atoms with Gasteiger partial charge in [-0.2, -0.15) is 26.3 Å². The molecule has 1 saturated heterocycles. The van der Waals surface area contributed by atoms with Gasteiger partial charge in [-0.15, -0.1) is 5.10 Å². The van der Waals surface area contributed by atoms with E-state index in [9.17, 15) is 40.7 Å². The number of urea groups is 1. The third-order valence-electron chi connectivity index (χ3n) is 6.24. The van der Waals surface area contributed by atoms with Crippen molar-refractivity contribution in [3.63, 3.8) is 0 Å². The Bertz CT molecular complexity index is 1470. The molecule has 41 heavy (non-hydrogen) atoms. The van der Waals surface area contributed by atoms with Crippen LogP contribution in [0.15, 0.2) is 53.3 Å². The van der Waals surface area contributed by atoms with Gasteiger partial charge in [0, 0.05) is 36.8 Å². The molecule has 0 radical (unpaired) electrons. The number of nitrogens with zero attached hydrogens (tertiary/aromatic N) is 4.